The van der Waals surface area contributed by atoms with Gasteiger partial charge < -0.3 is 5.32 Å². The van der Waals surface area contributed by atoms with E-state index in [-0.39, 0.29) is 5.91 Å². The van der Waals surface area contributed by atoms with Gasteiger partial charge in [-0.25, -0.2) is 0 Å². The molecule has 2 aromatic carbocycles. The molecule has 0 aliphatic heterocycles. The van der Waals surface area contributed by atoms with Crippen molar-refractivity contribution in [2.45, 2.75) is 57.4 Å². The van der Waals surface area contributed by atoms with Crippen LogP contribution in [0.2, 0.25) is 0 Å². The summed E-state index contributed by atoms with van der Waals surface area (Å²) in [6, 6.07) is 15.4. The zero-order valence-electron chi connectivity index (χ0n) is 14.3. The van der Waals surface area contributed by atoms with Gasteiger partial charge in [0.05, 0.1) is 0 Å². The lowest BCUT2D eigenvalue weighted by Gasteiger charge is -2.14. The quantitative estimate of drug-likeness (QED) is 0.597. The van der Waals surface area contributed by atoms with Crippen LogP contribution in [0, 0.1) is 0 Å². The van der Waals surface area contributed by atoms with Gasteiger partial charge in [0.25, 0.3) is 0 Å². The second kappa shape index (κ2) is 8.68. The molecule has 0 unspecified atom stereocenters. The van der Waals surface area contributed by atoms with Gasteiger partial charge in [-0.15, -0.1) is 0 Å². The van der Waals surface area contributed by atoms with Crippen LogP contribution < -0.4 is 5.32 Å². The van der Waals surface area contributed by atoms with Crippen molar-refractivity contribution in [1.29, 1.82) is 0 Å². The molecule has 126 valence electrons. The third kappa shape index (κ3) is 4.95. The maximum absolute atomic E-state index is 12.0. The van der Waals surface area contributed by atoms with Crippen molar-refractivity contribution in [3.05, 3.63) is 60.2 Å². The second-order valence-corrected chi connectivity index (χ2v) is 6.82. The summed E-state index contributed by atoms with van der Waals surface area (Å²) in [7, 11) is 0. The molecule has 0 atom stereocenters. The first-order valence-corrected chi connectivity index (χ1v) is 9.26. The van der Waals surface area contributed by atoms with Crippen LogP contribution in [0.1, 0.15) is 50.5 Å². The number of fused-ring (bicyclic) bond motifs is 1. The third-order valence-corrected chi connectivity index (χ3v) is 4.88. The van der Waals surface area contributed by atoms with Crippen LogP contribution in [0.4, 0.5) is 0 Å². The first kappa shape index (κ1) is 16.8. The van der Waals surface area contributed by atoms with Crippen LogP contribution in [-0.2, 0) is 11.2 Å². The molecule has 0 aromatic heterocycles. The maximum Gasteiger partial charge on any atom is 0.243 e. The Hall–Kier alpha value is -2.09. The molecule has 1 amide bonds. The first-order valence-electron chi connectivity index (χ1n) is 9.26. The monoisotopic (exact) mass is 321 g/mol. The number of carbonyl (C=O) groups excluding carboxylic acids is 1. The topological polar surface area (TPSA) is 29.1 Å². The van der Waals surface area contributed by atoms with Crippen LogP contribution >= 0.6 is 0 Å². The lowest BCUT2D eigenvalue weighted by atomic mass is 10.0. The van der Waals surface area contributed by atoms with E-state index in [1.54, 1.807) is 6.08 Å². The summed E-state index contributed by atoms with van der Waals surface area (Å²) in [6.07, 6.45) is 13.0. The lowest BCUT2D eigenvalue weighted by Crippen LogP contribution is -2.33. The van der Waals surface area contributed by atoms with Crippen LogP contribution in [0.5, 0.6) is 0 Å². The standard InChI is InChI=1S/C22H27NO/c24-22(23-21-12-3-1-2-4-13-21)14-8-5-9-18-15-16-19-10-6-7-11-20(19)17-18/h6-8,10-11,14-17,21H,1-5,9,12-13H2,(H,23,24). The number of nitrogens with one attached hydrogen (secondary N) is 1. The Kier molecular flexibility index (Phi) is 6.06. The highest BCUT2D eigenvalue weighted by molar-refractivity contribution is 5.87. The molecule has 0 heterocycles. The van der Waals surface area contributed by atoms with Gasteiger partial charge in [0, 0.05) is 6.04 Å². The Bertz CT molecular complexity index is 696. The fraction of sp³-hybridized carbons (Fsp3) is 0.409. The van der Waals surface area contributed by atoms with E-state index >= 15 is 0 Å². The molecule has 2 nitrogen and oxygen atoms in total. The molecule has 2 heteroatoms. The van der Waals surface area contributed by atoms with Gasteiger partial charge in [-0.05, 0) is 48.1 Å². The van der Waals surface area contributed by atoms with E-state index in [4.69, 9.17) is 0 Å². The molecule has 2 aromatic rings. The minimum absolute atomic E-state index is 0.0698. The van der Waals surface area contributed by atoms with Gasteiger partial charge in [0.2, 0.25) is 5.91 Å². The number of allylic oxidation sites excluding steroid dienone is 1. The molecule has 0 bridgehead atoms. The van der Waals surface area contributed by atoms with Crippen molar-refractivity contribution in [2.75, 3.05) is 0 Å². The van der Waals surface area contributed by atoms with Crippen LogP contribution in [0.3, 0.4) is 0 Å². The van der Waals surface area contributed by atoms with Gasteiger partial charge in [0.15, 0.2) is 0 Å². The molecule has 24 heavy (non-hydrogen) atoms. The Labute approximate surface area is 145 Å². The van der Waals surface area contributed by atoms with E-state index in [2.05, 4.69) is 47.8 Å². The van der Waals surface area contributed by atoms with Crippen molar-refractivity contribution in [1.82, 2.24) is 5.32 Å². The number of aryl methyl sites for hydroxylation is 1. The first-order chi connectivity index (χ1) is 11.8. The SMILES string of the molecule is O=C(C=CCCc1ccc2ccccc2c1)NC1CCCCCC1. The Balaban J connectivity index is 1.45. The van der Waals surface area contributed by atoms with Crippen molar-refractivity contribution in [2.24, 2.45) is 0 Å². The highest BCUT2D eigenvalue weighted by atomic mass is 16.1. The van der Waals surface area contributed by atoms with E-state index in [0.717, 1.165) is 25.7 Å². The highest BCUT2D eigenvalue weighted by Gasteiger charge is 2.12. The van der Waals surface area contributed by atoms with E-state index in [1.165, 1.54) is 42.0 Å². The highest BCUT2D eigenvalue weighted by Crippen LogP contribution is 2.18. The molecule has 0 spiro atoms. The molecule has 1 aliphatic carbocycles. The van der Waals surface area contributed by atoms with Crippen molar-refractivity contribution in [3.63, 3.8) is 0 Å². The summed E-state index contributed by atoms with van der Waals surface area (Å²) < 4.78 is 0. The fourth-order valence-corrected chi connectivity index (χ4v) is 3.51. The number of benzene rings is 2. The minimum Gasteiger partial charge on any atom is -0.350 e. The summed E-state index contributed by atoms with van der Waals surface area (Å²) in [6.45, 7) is 0. The van der Waals surface area contributed by atoms with Crippen LogP contribution in [0.25, 0.3) is 10.8 Å². The molecular formula is C22H27NO. The van der Waals surface area contributed by atoms with Crippen molar-refractivity contribution < 1.29 is 4.79 Å². The van der Waals surface area contributed by atoms with Gasteiger partial charge in [-0.3, -0.25) is 4.79 Å². The lowest BCUT2D eigenvalue weighted by molar-refractivity contribution is -0.117. The second-order valence-electron chi connectivity index (χ2n) is 6.82. The van der Waals surface area contributed by atoms with E-state index in [9.17, 15) is 4.79 Å². The zero-order valence-corrected chi connectivity index (χ0v) is 14.3. The normalized spacial score (nSPS) is 16.3. The average Bonchev–Trinajstić information content (AvgIpc) is 2.87. The summed E-state index contributed by atoms with van der Waals surface area (Å²) in [5.41, 5.74) is 1.32. The summed E-state index contributed by atoms with van der Waals surface area (Å²) in [5, 5.41) is 5.72. The van der Waals surface area contributed by atoms with Crippen LogP contribution in [-0.4, -0.2) is 11.9 Å². The predicted molar refractivity (Wildman–Crippen MR) is 101 cm³/mol. The fourth-order valence-electron chi connectivity index (χ4n) is 3.51. The van der Waals surface area contributed by atoms with Crippen molar-refractivity contribution >= 4 is 16.7 Å². The summed E-state index contributed by atoms with van der Waals surface area (Å²) in [4.78, 5) is 12.0. The number of amides is 1. The third-order valence-electron chi connectivity index (χ3n) is 4.88. The van der Waals surface area contributed by atoms with Gasteiger partial charge in [0.1, 0.15) is 0 Å². The zero-order chi connectivity index (χ0) is 16.6. The van der Waals surface area contributed by atoms with E-state index < -0.39 is 0 Å². The predicted octanol–water partition coefficient (Wildman–Crippen LogP) is 5.17. The van der Waals surface area contributed by atoms with E-state index in [0.29, 0.717) is 6.04 Å². The summed E-state index contributed by atoms with van der Waals surface area (Å²) in [5.74, 6) is 0.0698. The molecule has 0 saturated heterocycles. The van der Waals surface area contributed by atoms with Gasteiger partial charge in [-0.2, -0.15) is 0 Å². The minimum atomic E-state index is 0.0698. The molecule has 1 saturated carbocycles. The Morgan fingerprint density at radius 3 is 2.54 bits per heavy atom. The van der Waals surface area contributed by atoms with Crippen LogP contribution in [0.15, 0.2) is 54.6 Å². The van der Waals surface area contributed by atoms with E-state index in [1.807, 2.05) is 6.08 Å². The number of rotatable bonds is 5. The molecule has 3 rings (SSSR count). The summed E-state index contributed by atoms with van der Waals surface area (Å²) >= 11 is 0. The Morgan fingerprint density at radius 2 is 1.75 bits per heavy atom. The molecule has 1 aliphatic rings. The number of carbonyl (C=O) groups is 1. The molecular weight excluding hydrogens is 294 g/mol. The Morgan fingerprint density at radius 1 is 1.00 bits per heavy atom. The average molecular weight is 321 g/mol. The number of hydrogen-bond donors (Lipinski definition) is 1. The molecule has 0 radical (unpaired) electrons. The van der Waals surface area contributed by atoms with Crippen molar-refractivity contribution in [3.8, 4) is 0 Å². The largest absolute Gasteiger partial charge is 0.350 e. The number of hydrogen-bond acceptors (Lipinski definition) is 1. The van der Waals surface area contributed by atoms with Gasteiger partial charge in [-0.1, -0.05) is 74.2 Å². The van der Waals surface area contributed by atoms with Gasteiger partial charge >= 0.3 is 0 Å². The maximum atomic E-state index is 12.0. The molecule has 1 fully saturated rings. The molecule has 1 N–H and O–H groups in total. The smallest absolute Gasteiger partial charge is 0.243 e.